The lowest BCUT2D eigenvalue weighted by Gasteiger charge is -2.12. The molecule has 2 aromatic rings. The van der Waals surface area contributed by atoms with Crippen molar-refractivity contribution in [2.45, 2.75) is 17.9 Å². The number of sulfonamides is 1. The summed E-state index contributed by atoms with van der Waals surface area (Å²) in [6.07, 6.45) is 0. The molecule has 0 spiro atoms. The summed E-state index contributed by atoms with van der Waals surface area (Å²) in [5.41, 5.74) is -0.103. The summed E-state index contributed by atoms with van der Waals surface area (Å²) in [5, 5.41) is 3.51. The minimum atomic E-state index is -3.58. The van der Waals surface area contributed by atoms with Crippen LogP contribution in [0.2, 0.25) is 0 Å². The second-order valence-electron chi connectivity index (χ2n) is 4.50. The molecule has 1 unspecified atom stereocenters. The van der Waals surface area contributed by atoms with Crippen LogP contribution < -0.4 is 15.7 Å². The van der Waals surface area contributed by atoms with Gasteiger partial charge in [-0.3, -0.25) is 0 Å². The molecule has 1 atom stereocenters. The summed E-state index contributed by atoms with van der Waals surface area (Å²) in [7, 11) is -1.82. The molecule has 1 aromatic heterocycles. The van der Waals surface area contributed by atoms with Crippen molar-refractivity contribution in [3.8, 4) is 0 Å². The van der Waals surface area contributed by atoms with Crippen molar-refractivity contribution in [2.75, 3.05) is 13.6 Å². The van der Waals surface area contributed by atoms with Gasteiger partial charge < -0.3 is 9.73 Å². The molecule has 0 saturated carbocycles. The Bertz CT molecular complexity index is 773. The van der Waals surface area contributed by atoms with Crippen LogP contribution in [0.3, 0.4) is 0 Å². The van der Waals surface area contributed by atoms with Gasteiger partial charge in [-0.25, -0.2) is 17.9 Å². The first-order valence-electron chi connectivity index (χ1n) is 6.13. The minimum Gasteiger partial charge on any atom is -0.423 e. The highest BCUT2D eigenvalue weighted by Gasteiger charge is 2.15. The lowest BCUT2D eigenvalue weighted by molar-refractivity contribution is 0.553. The van der Waals surface area contributed by atoms with E-state index in [-0.39, 0.29) is 23.3 Å². The zero-order valence-electron chi connectivity index (χ0n) is 11.6. The van der Waals surface area contributed by atoms with E-state index >= 15 is 0 Å². The van der Waals surface area contributed by atoms with Gasteiger partial charge in [-0.1, -0.05) is 0 Å². The number of rotatable bonds is 5. The molecule has 0 aliphatic carbocycles. The lowest BCUT2D eigenvalue weighted by Crippen LogP contribution is -2.37. The van der Waals surface area contributed by atoms with Gasteiger partial charge in [0.25, 0.3) is 0 Å². The number of benzene rings is 1. The van der Waals surface area contributed by atoms with Gasteiger partial charge in [-0.05, 0) is 38.2 Å². The highest BCUT2D eigenvalue weighted by molar-refractivity contribution is 7.89. The van der Waals surface area contributed by atoms with E-state index in [1.807, 2.05) is 6.92 Å². The van der Waals surface area contributed by atoms with Crippen LogP contribution in [-0.4, -0.2) is 28.1 Å². The molecule has 8 heteroatoms. The summed E-state index contributed by atoms with van der Waals surface area (Å²) in [6.45, 7) is 2.16. The largest absolute Gasteiger partial charge is 0.423 e. The molecule has 0 aliphatic heterocycles. The van der Waals surface area contributed by atoms with E-state index in [1.54, 1.807) is 7.05 Å². The Morgan fingerprint density at radius 1 is 1.24 bits per heavy atom. The van der Waals surface area contributed by atoms with Crippen LogP contribution in [0.5, 0.6) is 0 Å². The summed E-state index contributed by atoms with van der Waals surface area (Å²) in [5.74, 6) is 0. The standard InChI is InChI=1S/C13H16N2O4S.ClH/c1-9(14-2)8-15-20(17,18)11-4-5-12-10(7-11)3-6-13(16)19-12;/h3-7,9,14-15H,8H2,1-2H3;1H. The Hall–Kier alpha value is -1.41. The van der Waals surface area contributed by atoms with Crippen LogP contribution in [0.15, 0.2) is 44.4 Å². The zero-order valence-corrected chi connectivity index (χ0v) is 13.3. The SMILES string of the molecule is CNC(C)CNS(=O)(=O)c1ccc2oc(=O)ccc2c1.Cl. The van der Waals surface area contributed by atoms with E-state index in [0.29, 0.717) is 17.5 Å². The second kappa shape index (κ2) is 7.04. The topological polar surface area (TPSA) is 88.4 Å². The maximum absolute atomic E-state index is 12.1. The van der Waals surface area contributed by atoms with Crippen molar-refractivity contribution in [1.29, 1.82) is 0 Å². The third kappa shape index (κ3) is 4.28. The fraction of sp³-hybridized carbons (Fsp3) is 0.308. The minimum absolute atomic E-state index is 0. The fourth-order valence-electron chi connectivity index (χ4n) is 1.64. The molecule has 21 heavy (non-hydrogen) atoms. The number of hydrogen-bond acceptors (Lipinski definition) is 5. The van der Waals surface area contributed by atoms with Gasteiger partial charge in [0.05, 0.1) is 4.90 Å². The molecule has 0 radical (unpaired) electrons. The monoisotopic (exact) mass is 332 g/mol. The van der Waals surface area contributed by atoms with E-state index in [4.69, 9.17) is 4.42 Å². The number of hydrogen-bond donors (Lipinski definition) is 2. The molecule has 0 saturated heterocycles. The van der Waals surface area contributed by atoms with Gasteiger partial charge >= 0.3 is 5.63 Å². The van der Waals surface area contributed by atoms with Crippen molar-refractivity contribution in [3.05, 3.63) is 40.8 Å². The predicted octanol–water partition coefficient (Wildman–Crippen LogP) is 1.10. The average molecular weight is 333 g/mol. The third-order valence-electron chi connectivity index (χ3n) is 2.97. The maximum Gasteiger partial charge on any atom is 0.336 e. The molecule has 1 aromatic carbocycles. The summed E-state index contributed by atoms with van der Waals surface area (Å²) in [6, 6.07) is 7.20. The van der Waals surface area contributed by atoms with Crippen molar-refractivity contribution >= 4 is 33.4 Å². The Labute approximate surface area is 129 Å². The first-order chi connectivity index (χ1) is 9.42. The number of nitrogens with one attached hydrogen (secondary N) is 2. The smallest absolute Gasteiger partial charge is 0.336 e. The predicted molar refractivity (Wildman–Crippen MR) is 83.4 cm³/mol. The Balaban J connectivity index is 0.00000220. The summed E-state index contributed by atoms with van der Waals surface area (Å²) in [4.78, 5) is 11.2. The van der Waals surface area contributed by atoms with E-state index in [9.17, 15) is 13.2 Å². The maximum atomic E-state index is 12.1. The summed E-state index contributed by atoms with van der Waals surface area (Å²) < 4.78 is 31.7. The number of halogens is 1. The van der Waals surface area contributed by atoms with E-state index in [0.717, 1.165) is 0 Å². The molecular weight excluding hydrogens is 316 g/mol. The zero-order chi connectivity index (χ0) is 14.8. The average Bonchev–Trinajstić information content (AvgIpc) is 2.44. The molecule has 0 bridgehead atoms. The van der Waals surface area contributed by atoms with Crippen LogP contribution in [0.1, 0.15) is 6.92 Å². The van der Waals surface area contributed by atoms with Gasteiger partial charge in [-0.2, -0.15) is 0 Å². The van der Waals surface area contributed by atoms with Gasteiger partial charge in [0.15, 0.2) is 0 Å². The summed E-state index contributed by atoms with van der Waals surface area (Å²) >= 11 is 0. The Morgan fingerprint density at radius 3 is 2.62 bits per heavy atom. The number of likely N-dealkylation sites (N-methyl/N-ethyl adjacent to an activating group) is 1. The molecule has 1 heterocycles. The van der Waals surface area contributed by atoms with Gasteiger partial charge in [0, 0.05) is 24.0 Å². The highest BCUT2D eigenvalue weighted by Crippen LogP contribution is 2.17. The fourth-order valence-corrected chi connectivity index (χ4v) is 2.80. The Morgan fingerprint density at radius 2 is 1.95 bits per heavy atom. The van der Waals surface area contributed by atoms with E-state index in [1.165, 1.54) is 30.3 Å². The number of fused-ring (bicyclic) bond motifs is 1. The van der Waals surface area contributed by atoms with E-state index < -0.39 is 15.6 Å². The van der Waals surface area contributed by atoms with Crippen LogP contribution in [-0.2, 0) is 10.0 Å². The molecule has 2 rings (SSSR count). The van der Waals surface area contributed by atoms with Crippen molar-refractivity contribution in [3.63, 3.8) is 0 Å². The van der Waals surface area contributed by atoms with Crippen LogP contribution in [0.25, 0.3) is 11.0 Å². The lowest BCUT2D eigenvalue weighted by atomic mass is 10.2. The third-order valence-corrected chi connectivity index (χ3v) is 4.39. The van der Waals surface area contributed by atoms with Gasteiger partial charge in [0.1, 0.15) is 5.58 Å². The van der Waals surface area contributed by atoms with Crippen LogP contribution in [0.4, 0.5) is 0 Å². The molecule has 0 fully saturated rings. The first kappa shape index (κ1) is 17.6. The molecule has 6 nitrogen and oxygen atoms in total. The second-order valence-corrected chi connectivity index (χ2v) is 6.26. The first-order valence-corrected chi connectivity index (χ1v) is 7.61. The quantitative estimate of drug-likeness (QED) is 0.800. The van der Waals surface area contributed by atoms with Crippen molar-refractivity contribution < 1.29 is 12.8 Å². The van der Waals surface area contributed by atoms with Crippen LogP contribution in [0, 0.1) is 0 Å². The van der Waals surface area contributed by atoms with Crippen molar-refractivity contribution in [1.82, 2.24) is 10.0 Å². The van der Waals surface area contributed by atoms with E-state index in [2.05, 4.69) is 10.0 Å². The molecule has 0 aliphatic rings. The molecule has 0 amide bonds. The van der Waals surface area contributed by atoms with Crippen molar-refractivity contribution in [2.24, 2.45) is 0 Å². The molecular formula is C13H17ClN2O4S. The van der Waals surface area contributed by atoms with Gasteiger partial charge in [-0.15, -0.1) is 12.4 Å². The normalized spacial score (nSPS) is 12.9. The molecule has 2 N–H and O–H groups in total. The highest BCUT2D eigenvalue weighted by atomic mass is 35.5. The van der Waals surface area contributed by atoms with Crippen LogP contribution >= 0.6 is 12.4 Å². The Kier molecular flexibility index (Phi) is 5.91. The van der Waals surface area contributed by atoms with Gasteiger partial charge in [0.2, 0.25) is 10.0 Å². The molecule has 116 valence electrons.